The number of pyridine rings is 3. The number of hydrogen-bond acceptors (Lipinski definition) is 2. The maximum absolute atomic E-state index is 13.0. The van der Waals surface area contributed by atoms with E-state index in [0.29, 0.717) is 12.2 Å². The highest BCUT2D eigenvalue weighted by molar-refractivity contribution is 5.98. The molecule has 0 aliphatic heterocycles. The van der Waals surface area contributed by atoms with Crippen LogP contribution in [0.4, 0.5) is 0 Å². The van der Waals surface area contributed by atoms with Gasteiger partial charge in [-0.15, -0.1) is 0 Å². The maximum Gasteiger partial charge on any atom is 0.298 e. The summed E-state index contributed by atoms with van der Waals surface area (Å²) in [5.74, 6) is 0.667. The highest BCUT2D eigenvalue weighted by atomic mass is 16.1. The zero-order valence-electron chi connectivity index (χ0n) is 15.6. The summed E-state index contributed by atoms with van der Waals surface area (Å²) < 4.78 is 1.98. The molecule has 0 radical (unpaired) electrons. The quantitative estimate of drug-likeness (QED) is 0.470. The van der Waals surface area contributed by atoms with E-state index in [1.165, 1.54) is 0 Å². The summed E-state index contributed by atoms with van der Waals surface area (Å²) >= 11 is 0. The van der Waals surface area contributed by atoms with Gasteiger partial charge >= 0.3 is 0 Å². The topological polar surface area (TPSA) is 76.0 Å². The number of benzene rings is 1. The molecular formula is C23H19N5O+2. The van der Waals surface area contributed by atoms with Crippen LogP contribution < -0.4 is 14.7 Å². The first-order chi connectivity index (χ1) is 14.3. The van der Waals surface area contributed by atoms with Crippen molar-refractivity contribution in [2.24, 2.45) is 0 Å². The summed E-state index contributed by atoms with van der Waals surface area (Å²) in [6, 6.07) is 19.7. The fourth-order valence-corrected chi connectivity index (χ4v) is 3.58. The summed E-state index contributed by atoms with van der Waals surface area (Å²) in [6.45, 7) is 0.354. The molecule has 4 aromatic heterocycles. The fraction of sp³-hybridized carbons (Fsp3) is 0.0435. The molecule has 0 aliphatic rings. The molecule has 5 rings (SSSR count). The third-order valence-electron chi connectivity index (χ3n) is 4.98. The minimum Gasteiger partial charge on any atom is -0.343 e. The van der Waals surface area contributed by atoms with Gasteiger partial charge in [0.25, 0.3) is 11.7 Å². The first-order valence-electron chi connectivity index (χ1n) is 9.41. The van der Waals surface area contributed by atoms with Crippen LogP contribution in [0.25, 0.3) is 27.7 Å². The Labute approximate surface area is 166 Å². The molecule has 0 spiro atoms. The van der Waals surface area contributed by atoms with E-state index in [1.54, 1.807) is 6.20 Å². The van der Waals surface area contributed by atoms with Crippen molar-refractivity contribution in [2.75, 3.05) is 0 Å². The third kappa shape index (κ3) is 3.10. The standard InChI is InChI=1S/C23H17N5O/c29-23(26-15-19-18-8-2-1-6-16(18)10-12-25-19)21-20-9-3-4-13-28(20)22(27-21)17-7-5-11-24-14-17/h1-14H,15H2,(H,26,29)/p+2. The second-order valence-corrected chi connectivity index (χ2v) is 6.76. The van der Waals surface area contributed by atoms with Crippen LogP contribution in [0.3, 0.4) is 0 Å². The van der Waals surface area contributed by atoms with Crippen molar-refractivity contribution in [2.45, 2.75) is 6.54 Å². The lowest BCUT2D eigenvalue weighted by Crippen LogP contribution is -2.25. The second kappa shape index (κ2) is 7.16. The number of amides is 1. The third-order valence-corrected chi connectivity index (χ3v) is 4.98. The van der Waals surface area contributed by atoms with Crippen LogP contribution in [0.1, 0.15) is 16.2 Å². The average molecular weight is 381 g/mol. The zero-order valence-corrected chi connectivity index (χ0v) is 15.6. The highest BCUT2D eigenvalue weighted by Crippen LogP contribution is 2.18. The predicted octanol–water partition coefficient (Wildman–Crippen LogP) is 2.71. The number of carbonyl (C=O) groups is 1. The molecule has 29 heavy (non-hydrogen) atoms. The van der Waals surface area contributed by atoms with Gasteiger partial charge in [0.05, 0.1) is 18.4 Å². The highest BCUT2D eigenvalue weighted by Gasteiger charge is 2.25. The number of nitrogens with zero attached hydrogens (tertiary/aromatic N) is 2. The molecule has 0 fully saturated rings. The van der Waals surface area contributed by atoms with Crippen LogP contribution in [-0.2, 0) is 6.54 Å². The number of fused-ring (bicyclic) bond motifs is 2. The van der Waals surface area contributed by atoms with Gasteiger partial charge in [-0.2, -0.15) is 4.40 Å². The van der Waals surface area contributed by atoms with Gasteiger partial charge in [-0.3, -0.25) is 9.78 Å². The van der Waals surface area contributed by atoms with Gasteiger partial charge in [0.15, 0.2) is 17.9 Å². The number of aromatic amines is 2. The Bertz CT molecular complexity index is 1320. The molecular weight excluding hydrogens is 362 g/mol. The Morgan fingerprint density at radius 2 is 1.97 bits per heavy atom. The van der Waals surface area contributed by atoms with Crippen LogP contribution in [0.15, 0.2) is 85.5 Å². The largest absolute Gasteiger partial charge is 0.343 e. The van der Waals surface area contributed by atoms with Crippen LogP contribution >= 0.6 is 0 Å². The van der Waals surface area contributed by atoms with Crippen molar-refractivity contribution in [3.05, 3.63) is 96.8 Å². The van der Waals surface area contributed by atoms with E-state index in [1.807, 2.05) is 83.7 Å². The molecule has 6 nitrogen and oxygen atoms in total. The summed E-state index contributed by atoms with van der Waals surface area (Å²) in [4.78, 5) is 23.8. The molecule has 140 valence electrons. The Balaban J connectivity index is 1.49. The molecule has 3 N–H and O–H groups in total. The number of imidazole rings is 1. The van der Waals surface area contributed by atoms with Crippen LogP contribution in [0.2, 0.25) is 0 Å². The normalized spacial score (nSPS) is 11.0. The molecule has 1 aromatic carbocycles. The minimum atomic E-state index is -0.172. The van der Waals surface area contributed by atoms with Crippen LogP contribution in [0, 0.1) is 0 Å². The SMILES string of the molecule is O=C(NCc1nccc2ccccc12)c1[nH]c(-c2ccc[nH+]c2)[n+]2ccccc12. The number of carbonyl (C=O) groups excluding carboxylic acids is 1. The zero-order chi connectivity index (χ0) is 19.6. The van der Waals surface area contributed by atoms with E-state index in [2.05, 4.69) is 20.3 Å². The van der Waals surface area contributed by atoms with Gasteiger partial charge in [0, 0.05) is 17.6 Å². The van der Waals surface area contributed by atoms with E-state index in [9.17, 15) is 4.79 Å². The van der Waals surface area contributed by atoms with E-state index in [0.717, 1.165) is 33.4 Å². The Hall–Kier alpha value is -4.06. The smallest absolute Gasteiger partial charge is 0.298 e. The van der Waals surface area contributed by atoms with Gasteiger partial charge in [0.1, 0.15) is 5.56 Å². The first-order valence-corrected chi connectivity index (χ1v) is 9.41. The lowest BCUT2D eigenvalue weighted by Gasteiger charge is -2.06. The lowest BCUT2D eigenvalue weighted by molar-refractivity contribution is -0.499. The second-order valence-electron chi connectivity index (χ2n) is 6.76. The van der Waals surface area contributed by atoms with E-state index in [-0.39, 0.29) is 5.91 Å². The number of rotatable bonds is 4. The van der Waals surface area contributed by atoms with Crippen LogP contribution in [-0.4, -0.2) is 15.9 Å². The average Bonchev–Trinajstić information content (AvgIpc) is 3.18. The molecule has 4 heterocycles. The number of H-pyrrole nitrogens is 2. The monoisotopic (exact) mass is 381 g/mol. The molecule has 0 saturated heterocycles. The Kier molecular flexibility index (Phi) is 4.22. The molecule has 0 aliphatic carbocycles. The summed E-state index contributed by atoms with van der Waals surface area (Å²) in [7, 11) is 0. The Morgan fingerprint density at radius 1 is 1.07 bits per heavy atom. The number of aromatic nitrogens is 4. The van der Waals surface area contributed by atoms with Crippen molar-refractivity contribution in [1.82, 2.24) is 15.3 Å². The van der Waals surface area contributed by atoms with E-state index >= 15 is 0 Å². The molecule has 0 bridgehead atoms. The summed E-state index contributed by atoms with van der Waals surface area (Å²) in [5.41, 5.74) is 3.14. The summed E-state index contributed by atoms with van der Waals surface area (Å²) in [5, 5.41) is 5.16. The number of hydrogen-bond donors (Lipinski definition) is 2. The van der Waals surface area contributed by atoms with Gasteiger partial charge in [-0.1, -0.05) is 30.3 Å². The fourth-order valence-electron chi connectivity index (χ4n) is 3.58. The molecule has 1 amide bonds. The maximum atomic E-state index is 13.0. The van der Waals surface area contributed by atoms with Gasteiger partial charge in [-0.05, 0) is 29.7 Å². The van der Waals surface area contributed by atoms with E-state index in [4.69, 9.17) is 0 Å². The first kappa shape index (κ1) is 17.1. The molecule has 6 heteroatoms. The predicted molar refractivity (Wildman–Crippen MR) is 109 cm³/mol. The molecule has 5 aromatic rings. The van der Waals surface area contributed by atoms with Crippen LogP contribution in [0.5, 0.6) is 0 Å². The van der Waals surface area contributed by atoms with Gasteiger partial charge in [-0.25, -0.2) is 9.97 Å². The summed E-state index contributed by atoms with van der Waals surface area (Å²) in [6.07, 6.45) is 7.46. The minimum absolute atomic E-state index is 0.172. The van der Waals surface area contributed by atoms with Crippen molar-refractivity contribution >= 4 is 22.2 Å². The van der Waals surface area contributed by atoms with Crippen molar-refractivity contribution in [1.29, 1.82) is 0 Å². The molecule has 0 saturated carbocycles. The van der Waals surface area contributed by atoms with Gasteiger partial charge in [0.2, 0.25) is 5.69 Å². The van der Waals surface area contributed by atoms with Crippen molar-refractivity contribution in [3.8, 4) is 11.4 Å². The molecule has 0 atom stereocenters. The van der Waals surface area contributed by atoms with E-state index < -0.39 is 0 Å². The molecule has 0 unspecified atom stereocenters. The van der Waals surface area contributed by atoms with Gasteiger partial charge < -0.3 is 5.32 Å². The van der Waals surface area contributed by atoms with Crippen molar-refractivity contribution < 1.29 is 14.2 Å². The number of nitrogens with one attached hydrogen (secondary N) is 3. The lowest BCUT2D eigenvalue weighted by atomic mass is 10.1. The van der Waals surface area contributed by atoms with Crippen molar-refractivity contribution in [3.63, 3.8) is 0 Å². The Morgan fingerprint density at radius 3 is 2.86 bits per heavy atom.